The van der Waals surface area contributed by atoms with E-state index in [1.165, 1.54) is 10.4 Å². The lowest BCUT2D eigenvalue weighted by molar-refractivity contribution is -0.0114. The van der Waals surface area contributed by atoms with E-state index in [4.69, 9.17) is 28.1 Å². The fourth-order valence-electron chi connectivity index (χ4n) is 4.06. The molecule has 2 aromatic rings. The van der Waals surface area contributed by atoms with E-state index in [1.54, 1.807) is 6.08 Å². The van der Waals surface area contributed by atoms with Gasteiger partial charge in [0.05, 0.1) is 72.7 Å². The van der Waals surface area contributed by atoms with E-state index in [0.29, 0.717) is 72.7 Å². The Kier molecular flexibility index (Phi) is 14.8. The molecule has 0 unspecified atom stereocenters. The molecule has 0 atom stereocenters. The van der Waals surface area contributed by atoms with Crippen LogP contribution in [0.1, 0.15) is 20.8 Å². The van der Waals surface area contributed by atoms with Crippen molar-refractivity contribution in [1.29, 1.82) is 0 Å². The van der Waals surface area contributed by atoms with Crippen LogP contribution in [0.5, 0.6) is 0 Å². The van der Waals surface area contributed by atoms with Crippen LogP contribution in [-0.4, -0.2) is 81.0 Å². The third-order valence-electron chi connectivity index (χ3n) is 5.69. The van der Waals surface area contributed by atoms with Crippen LogP contribution >= 0.6 is 0 Å². The van der Waals surface area contributed by atoms with Crippen LogP contribution in [-0.2, 0) is 28.1 Å². The van der Waals surface area contributed by atoms with Crippen LogP contribution < -0.4 is 10.4 Å². The van der Waals surface area contributed by atoms with Crippen LogP contribution in [0.3, 0.4) is 0 Å². The Balaban J connectivity index is 1.65. The molecule has 0 aromatic heterocycles. The topological polar surface area (TPSA) is 55.4 Å². The molecule has 2 rings (SSSR count). The summed E-state index contributed by atoms with van der Waals surface area (Å²) in [5, 5.41) is 2.51. The molecule has 0 fully saturated rings. The van der Waals surface area contributed by atoms with Gasteiger partial charge in [0.1, 0.15) is 0 Å². The molecular weight excluding hydrogens is 472 g/mol. The lowest BCUT2D eigenvalue weighted by Crippen LogP contribution is -2.66. The van der Waals surface area contributed by atoms with Gasteiger partial charge in [0.15, 0.2) is 0 Å². The standard InChI is InChI=1S/C29H44O6Si/c1-5-16-30-17-18-31-19-20-32-21-22-33-23-24-34-25-26-35-36(29(2,3)4,27-12-8-6-9-13-27)28-14-10-7-11-15-28/h5-15H,1,16-26H2,2-4H3. The van der Waals surface area contributed by atoms with Gasteiger partial charge in [-0.25, -0.2) is 0 Å². The molecule has 0 aliphatic heterocycles. The molecule has 200 valence electrons. The fraction of sp³-hybridized carbons (Fsp3) is 0.517. The van der Waals surface area contributed by atoms with Gasteiger partial charge in [-0.2, -0.15) is 0 Å². The zero-order valence-corrected chi connectivity index (χ0v) is 23.3. The van der Waals surface area contributed by atoms with Gasteiger partial charge in [-0.15, -0.1) is 6.58 Å². The largest absolute Gasteiger partial charge is 0.405 e. The van der Waals surface area contributed by atoms with Crippen molar-refractivity contribution in [2.75, 3.05) is 72.7 Å². The molecular formula is C29H44O6Si. The predicted molar refractivity (Wildman–Crippen MR) is 148 cm³/mol. The SMILES string of the molecule is C=CCOCCOCCOCCOCCOCCO[Si](c1ccccc1)(c1ccccc1)C(C)(C)C. The highest BCUT2D eigenvalue weighted by Crippen LogP contribution is 2.36. The second kappa shape index (κ2) is 17.6. The number of rotatable bonds is 20. The van der Waals surface area contributed by atoms with Crippen LogP contribution in [0, 0.1) is 0 Å². The van der Waals surface area contributed by atoms with Gasteiger partial charge >= 0.3 is 0 Å². The Morgan fingerprint density at radius 3 is 1.31 bits per heavy atom. The Morgan fingerprint density at radius 1 is 0.583 bits per heavy atom. The lowest BCUT2D eigenvalue weighted by atomic mass is 10.2. The second-order valence-corrected chi connectivity index (χ2v) is 13.6. The van der Waals surface area contributed by atoms with Crippen molar-refractivity contribution in [3.05, 3.63) is 73.3 Å². The first kappa shape index (κ1) is 30.4. The molecule has 0 N–H and O–H groups in total. The molecule has 6 nitrogen and oxygen atoms in total. The number of ether oxygens (including phenoxy) is 5. The first-order valence-electron chi connectivity index (χ1n) is 12.8. The minimum absolute atomic E-state index is 0.0385. The third-order valence-corrected chi connectivity index (χ3v) is 10.7. The monoisotopic (exact) mass is 516 g/mol. The smallest absolute Gasteiger partial charge is 0.261 e. The molecule has 0 heterocycles. The summed E-state index contributed by atoms with van der Waals surface area (Å²) >= 11 is 0. The van der Waals surface area contributed by atoms with Gasteiger partial charge < -0.3 is 28.1 Å². The molecule has 2 aromatic carbocycles. The lowest BCUT2D eigenvalue weighted by Gasteiger charge is -2.43. The Morgan fingerprint density at radius 2 is 0.944 bits per heavy atom. The number of benzene rings is 2. The van der Waals surface area contributed by atoms with Gasteiger partial charge in [-0.1, -0.05) is 87.5 Å². The highest BCUT2D eigenvalue weighted by molar-refractivity contribution is 6.99. The van der Waals surface area contributed by atoms with Crippen molar-refractivity contribution in [1.82, 2.24) is 0 Å². The van der Waals surface area contributed by atoms with E-state index in [1.807, 2.05) is 0 Å². The average Bonchev–Trinajstić information content (AvgIpc) is 2.88. The maximum atomic E-state index is 6.81. The van der Waals surface area contributed by atoms with Crippen LogP contribution in [0.15, 0.2) is 73.3 Å². The quantitative estimate of drug-likeness (QED) is 0.151. The number of hydrogen-bond acceptors (Lipinski definition) is 6. The number of hydrogen-bond donors (Lipinski definition) is 0. The fourth-order valence-corrected chi connectivity index (χ4v) is 8.61. The van der Waals surface area contributed by atoms with E-state index >= 15 is 0 Å². The predicted octanol–water partition coefficient (Wildman–Crippen LogP) is 3.83. The van der Waals surface area contributed by atoms with Crippen molar-refractivity contribution >= 4 is 18.7 Å². The summed E-state index contributed by atoms with van der Waals surface area (Å²) in [6, 6.07) is 21.3. The van der Waals surface area contributed by atoms with Crippen molar-refractivity contribution in [3.8, 4) is 0 Å². The summed E-state index contributed by atoms with van der Waals surface area (Å²) in [4.78, 5) is 0. The molecule has 36 heavy (non-hydrogen) atoms. The first-order chi connectivity index (χ1) is 17.5. The molecule has 0 aliphatic rings. The Hall–Kier alpha value is -1.84. The van der Waals surface area contributed by atoms with Gasteiger partial charge in [0.25, 0.3) is 8.32 Å². The molecule has 7 heteroatoms. The van der Waals surface area contributed by atoms with Crippen molar-refractivity contribution in [3.63, 3.8) is 0 Å². The molecule has 0 bridgehead atoms. The molecule has 0 saturated heterocycles. The van der Waals surface area contributed by atoms with Crippen LogP contribution in [0.4, 0.5) is 0 Å². The highest BCUT2D eigenvalue weighted by Gasteiger charge is 2.49. The Labute approximate surface area is 218 Å². The zero-order chi connectivity index (χ0) is 26.0. The van der Waals surface area contributed by atoms with Gasteiger partial charge in [0.2, 0.25) is 0 Å². The van der Waals surface area contributed by atoms with Crippen molar-refractivity contribution in [2.24, 2.45) is 0 Å². The summed E-state index contributed by atoms with van der Waals surface area (Å²) < 4.78 is 34.4. The van der Waals surface area contributed by atoms with E-state index in [9.17, 15) is 0 Å². The highest BCUT2D eigenvalue weighted by atomic mass is 28.4. The normalized spacial score (nSPS) is 12.1. The molecule has 0 aliphatic carbocycles. The Bertz CT molecular complexity index is 770. The molecule has 0 spiro atoms. The van der Waals surface area contributed by atoms with Gasteiger partial charge in [0, 0.05) is 0 Å². The molecule has 0 amide bonds. The maximum absolute atomic E-state index is 6.81. The maximum Gasteiger partial charge on any atom is 0.261 e. The van der Waals surface area contributed by atoms with Crippen LogP contribution in [0.2, 0.25) is 5.04 Å². The van der Waals surface area contributed by atoms with Crippen molar-refractivity contribution < 1.29 is 28.1 Å². The summed E-state index contributed by atoms with van der Waals surface area (Å²) in [5.41, 5.74) is 0. The summed E-state index contributed by atoms with van der Waals surface area (Å²) in [6.45, 7) is 16.4. The average molecular weight is 517 g/mol. The second-order valence-electron chi connectivity index (χ2n) is 9.32. The van der Waals surface area contributed by atoms with Gasteiger partial charge in [-0.3, -0.25) is 0 Å². The summed E-state index contributed by atoms with van der Waals surface area (Å²) in [6.07, 6.45) is 1.72. The van der Waals surface area contributed by atoms with Gasteiger partial charge in [-0.05, 0) is 15.4 Å². The molecule has 0 radical (unpaired) electrons. The summed E-state index contributed by atoms with van der Waals surface area (Å²) in [7, 11) is -2.51. The van der Waals surface area contributed by atoms with Crippen LogP contribution in [0.25, 0.3) is 0 Å². The van der Waals surface area contributed by atoms with E-state index in [0.717, 1.165) is 0 Å². The minimum atomic E-state index is -2.51. The van der Waals surface area contributed by atoms with E-state index < -0.39 is 8.32 Å². The summed E-state index contributed by atoms with van der Waals surface area (Å²) in [5.74, 6) is 0. The van der Waals surface area contributed by atoms with E-state index in [-0.39, 0.29) is 5.04 Å². The zero-order valence-electron chi connectivity index (χ0n) is 22.3. The molecule has 0 saturated carbocycles. The van der Waals surface area contributed by atoms with Crippen molar-refractivity contribution in [2.45, 2.75) is 25.8 Å². The third kappa shape index (κ3) is 10.3. The minimum Gasteiger partial charge on any atom is -0.405 e. The first-order valence-corrected chi connectivity index (χ1v) is 14.7. The van der Waals surface area contributed by atoms with E-state index in [2.05, 4.69) is 88.0 Å².